The monoisotopic (exact) mass is 341 g/mol. The van der Waals surface area contributed by atoms with Crippen molar-refractivity contribution in [2.75, 3.05) is 23.5 Å². The molecule has 1 amide bonds. The number of hydrogen-bond donors (Lipinski definition) is 2. The van der Waals surface area contributed by atoms with Crippen LogP contribution in [0.1, 0.15) is 6.92 Å². The van der Waals surface area contributed by atoms with E-state index in [9.17, 15) is 9.18 Å². The number of anilines is 4. The minimum Gasteiger partial charge on any atom is -0.495 e. The van der Waals surface area contributed by atoms with Crippen LogP contribution in [0.25, 0.3) is 10.9 Å². The number of nitrogen functional groups attached to an aromatic ring is 2. The maximum Gasteiger partial charge on any atom is 0.229 e. The minimum absolute atomic E-state index is 0.0664. The number of benzene rings is 2. The van der Waals surface area contributed by atoms with E-state index in [1.807, 2.05) is 0 Å². The van der Waals surface area contributed by atoms with Gasteiger partial charge >= 0.3 is 0 Å². The number of aromatic nitrogens is 2. The molecule has 0 aliphatic carbocycles. The number of carbonyl (C=O) groups excluding carboxylic acids is 1. The highest BCUT2D eigenvalue weighted by atomic mass is 19.1. The zero-order chi connectivity index (χ0) is 18.1. The number of fused-ring (bicyclic) bond motifs is 1. The second-order valence-electron chi connectivity index (χ2n) is 5.37. The summed E-state index contributed by atoms with van der Waals surface area (Å²) in [5, 5.41) is 0.555. The lowest BCUT2D eigenvalue weighted by Gasteiger charge is -2.22. The van der Waals surface area contributed by atoms with Crippen molar-refractivity contribution in [2.24, 2.45) is 0 Å². The van der Waals surface area contributed by atoms with Crippen LogP contribution in [0.4, 0.5) is 27.3 Å². The smallest absolute Gasteiger partial charge is 0.229 e. The predicted molar refractivity (Wildman–Crippen MR) is 94.1 cm³/mol. The van der Waals surface area contributed by atoms with Crippen LogP contribution in [0.2, 0.25) is 0 Å². The number of halogens is 1. The first kappa shape index (κ1) is 16.4. The summed E-state index contributed by atoms with van der Waals surface area (Å²) in [5.41, 5.74) is 12.9. The van der Waals surface area contributed by atoms with E-state index in [0.29, 0.717) is 33.8 Å². The summed E-state index contributed by atoms with van der Waals surface area (Å²) >= 11 is 0. The Kier molecular flexibility index (Phi) is 4.10. The molecular formula is C17H16FN5O2. The summed E-state index contributed by atoms with van der Waals surface area (Å²) in [5.74, 6) is -0.0930. The number of methoxy groups -OCH3 is 1. The first-order chi connectivity index (χ1) is 11.9. The molecule has 7 nitrogen and oxygen atoms in total. The van der Waals surface area contributed by atoms with E-state index in [4.69, 9.17) is 16.2 Å². The van der Waals surface area contributed by atoms with Crippen molar-refractivity contribution in [1.29, 1.82) is 0 Å². The van der Waals surface area contributed by atoms with Gasteiger partial charge in [0.25, 0.3) is 0 Å². The fourth-order valence-corrected chi connectivity index (χ4v) is 2.57. The van der Waals surface area contributed by atoms with E-state index >= 15 is 0 Å². The molecule has 0 aliphatic heterocycles. The van der Waals surface area contributed by atoms with Crippen molar-refractivity contribution in [3.05, 3.63) is 42.5 Å². The Balaban J connectivity index is 2.25. The standard InChI is InChI=1S/C17H16FN5O2/c1-9(24)23(10-3-4-12(18)13(19)5-10)17-11-6-14(20)16(25-2)7-15(11)21-8-22-17/h3-8H,19-20H2,1-2H3. The zero-order valence-corrected chi connectivity index (χ0v) is 13.7. The molecule has 0 aliphatic rings. The van der Waals surface area contributed by atoms with Crippen molar-refractivity contribution >= 4 is 39.7 Å². The Hall–Kier alpha value is -3.42. The number of nitrogens with zero attached hydrogens (tertiary/aromatic N) is 3. The Morgan fingerprint density at radius 1 is 1.16 bits per heavy atom. The zero-order valence-electron chi connectivity index (χ0n) is 13.7. The summed E-state index contributed by atoms with van der Waals surface area (Å²) in [4.78, 5) is 22.0. The van der Waals surface area contributed by atoms with Gasteiger partial charge in [0.15, 0.2) is 5.82 Å². The third-order valence-electron chi connectivity index (χ3n) is 3.73. The molecule has 0 spiro atoms. The van der Waals surface area contributed by atoms with Gasteiger partial charge in [-0.2, -0.15) is 0 Å². The SMILES string of the molecule is COc1cc2ncnc(N(C(C)=O)c3ccc(F)c(N)c3)c2cc1N. The maximum atomic E-state index is 13.5. The maximum absolute atomic E-state index is 13.5. The Labute approximate surface area is 143 Å². The first-order valence-corrected chi connectivity index (χ1v) is 7.36. The number of carbonyl (C=O) groups is 1. The molecule has 0 fully saturated rings. The average molecular weight is 341 g/mol. The summed E-state index contributed by atoms with van der Waals surface area (Å²) in [6.07, 6.45) is 1.33. The molecule has 0 bridgehead atoms. The molecule has 0 atom stereocenters. The quantitative estimate of drug-likeness (QED) is 0.709. The van der Waals surface area contributed by atoms with Crippen molar-refractivity contribution in [3.8, 4) is 5.75 Å². The molecule has 2 aromatic carbocycles. The van der Waals surface area contributed by atoms with E-state index in [1.165, 1.54) is 43.5 Å². The molecule has 0 saturated heterocycles. The van der Waals surface area contributed by atoms with E-state index in [2.05, 4.69) is 9.97 Å². The highest BCUT2D eigenvalue weighted by molar-refractivity contribution is 6.06. The number of amides is 1. The largest absolute Gasteiger partial charge is 0.495 e. The van der Waals surface area contributed by atoms with Gasteiger partial charge < -0.3 is 16.2 Å². The third kappa shape index (κ3) is 2.89. The lowest BCUT2D eigenvalue weighted by atomic mass is 10.1. The molecule has 0 radical (unpaired) electrons. The van der Waals surface area contributed by atoms with Gasteiger partial charge in [0.05, 0.1) is 29.7 Å². The summed E-state index contributed by atoms with van der Waals surface area (Å²) in [6.45, 7) is 1.38. The molecular weight excluding hydrogens is 325 g/mol. The third-order valence-corrected chi connectivity index (χ3v) is 3.73. The van der Waals surface area contributed by atoms with Gasteiger partial charge in [0.1, 0.15) is 17.9 Å². The van der Waals surface area contributed by atoms with Gasteiger partial charge in [0, 0.05) is 18.4 Å². The van der Waals surface area contributed by atoms with E-state index in [-0.39, 0.29) is 11.6 Å². The first-order valence-electron chi connectivity index (χ1n) is 7.36. The minimum atomic E-state index is -0.561. The van der Waals surface area contributed by atoms with Crippen LogP contribution in [0.3, 0.4) is 0 Å². The van der Waals surface area contributed by atoms with Gasteiger partial charge in [-0.1, -0.05) is 0 Å². The normalized spacial score (nSPS) is 10.7. The molecule has 0 unspecified atom stereocenters. The van der Waals surface area contributed by atoms with Crippen LogP contribution in [0.5, 0.6) is 5.75 Å². The molecule has 3 aromatic rings. The Morgan fingerprint density at radius 3 is 2.56 bits per heavy atom. The van der Waals surface area contributed by atoms with Crippen LogP contribution in [0.15, 0.2) is 36.7 Å². The van der Waals surface area contributed by atoms with Crippen molar-refractivity contribution in [3.63, 3.8) is 0 Å². The second-order valence-corrected chi connectivity index (χ2v) is 5.37. The van der Waals surface area contributed by atoms with Crippen LogP contribution in [-0.2, 0) is 4.79 Å². The van der Waals surface area contributed by atoms with Crippen LogP contribution in [-0.4, -0.2) is 23.0 Å². The van der Waals surface area contributed by atoms with Gasteiger partial charge in [-0.15, -0.1) is 0 Å². The summed E-state index contributed by atoms with van der Waals surface area (Å²) in [6, 6.07) is 7.31. The fourth-order valence-electron chi connectivity index (χ4n) is 2.57. The van der Waals surface area contributed by atoms with E-state index in [1.54, 1.807) is 12.1 Å². The Morgan fingerprint density at radius 2 is 1.92 bits per heavy atom. The molecule has 0 saturated carbocycles. The number of ether oxygens (including phenoxy) is 1. The van der Waals surface area contributed by atoms with Gasteiger partial charge in [0.2, 0.25) is 5.91 Å². The predicted octanol–water partition coefficient (Wildman–Crippen LogP) is 2.63. The van der Waals surface area contributed by atoms with Gasteiger partial charge in [-0.25, -0.2) is 14.4 Å². The lowest BCUT2D eigenvalue weighted by Crippen LogP contribution is -2.24. The van der Waals surface area contributed by atoms with Crippen LogP contribution >= 0.6 is 0 Å². The molecule has 25 heavy (non-hydrogen) atoms. The number of rotatable bonds is 3. The van der Waals surface area contributed by atoms with E-state index < -0.39 is 5.82 Å². The topological polar surface area (TPSA) is 107 Å². The highest BCUT2D eigenvalue weighted by Crippen LogP contribution is 2.35. The van der Waals surface area contributed by atoms with E-state index in [0.717, 1.165) is 0 Å². The second kappa shape index (κ2) is 6.23. The number of nitrogens with two attached hydrogens (primary N) is 2. The van der Waals surface area contributed by atoms with Crippen molar-refractivity contribution in [2.45, 2.75) is 6.92 Å². The Bertz CT molecular complexity index is 977. The molecule has 3 rings (SSSR count). The molecule has 8 heteroatoms. The highest BCUT2D eigenvalue weighted by Gasteiger charge is 2.20. The fraction of sp³-hybridized carbons (Fsp3) is 0.118. The molecule has 4 N–H and O–H groups in total. The van der Waals surface area contributed by atoms with Crippen LogP contribution < -0.4 is 21.1 Å². The molecule has 1 heterocycles. The molecule has 128 valence electrons. The average Bonchev–Trinajstić information content (AvgIpc) is 2.58. The molecule has 1 aromatic heterocycles. The summed E-state index contributed by atoms with van der Waals surface area (Å²) in [7, 11) is 1.50. The van der Waals surface area contributed by atoms with Crippen molar-refractivity contribution < 1.29 is 13.9 Å². The lowest BCUT2D eigenvalue weighted by molar-refractivity contribution is -0.115. The number of hydrogen-bond acceptors (Lipinski definition) is 6. The summed E-state index contributed by atoms with van der Waals surface area (Å²) < 4.78 is 18.7. The van der Waals surface area contributed by atoms with Gasteiger partial charge in [-0.05, 0) is 24.3 Å². The van der Waals surface area contributed by atoms with Crippen molar-refractivity contribution in [1.82, 2.24) is 9.97 Å². The van der Waals surface area contributed by atoms with Crippen LogP contribution in [0, 0.1) is 5.82 Å². The van der Waals surface area contributed by atoms with Gasteiger partial charge in [-0.3, -0.25) is 9.69 Å².